The van der Waals surface area contributed by atoms with Gasteiger partial charge in [0.2, 0.25) is 5.91 Å². The summed E-state index contributed by atoms with van der Waals surface area (Å²) in [5.74, 6) is -0.326. The number of halogens is 2. The van der Waals surface area contributed by atoms with Crippen LogP contribution in [0.4, 0.5) is 5.69 Å². The molecule has 0 saturated carbocycles. The zero-order chi connectivity index (χ0) is 14.0. The zero-order valence-electron chi connectivity index (χ0n) is 10.0. The van der Waals surface area contributed by atoms with Gasteiger partial charge in [-0.15, -0.1) is 0 Å². The second-order valence-corrected chi connectivity index (χ2v) is 5.24. The highest BCUT2D eigenvalue weighted by Crippen LogP contribution is 2.26. The van der Waals surface area contributed by atoms with Crippen molar-refractivity contribution in [2.75, 3.05) is 5.32 Å². The third kappa shape index (κ3) is 3.27. The minimum Gasteiger partial charge on any atom is -0.506 e. The number of nitrogens with one attached hydrogen (secondary N) is 1. The number of aromatic hydroxyl groups is 1. The molecular weight excluding hydrogens is 334 g/mol. The van der Waals surface area contributed by atoms with Crippen LogP contribution in [0.25, 0.3) is 0 Å². The van der Waals surface area contributed by atoms with E-state index in [1.165, 1.54) is 12.1 Å². The van der Waals surface area contributed by atoms with Crippen LogP contribution in [0, 0.1) is 6.92 Å². The van der Waals surface area contributed by atoms with Crippen molar-refractivity contribution >= 4 is 39.1 Å². The Kier molecular flexibility index (Phi) is 4.11. The summed E-state index contributed by atoms with van der Waals surface area (Å²) >= 11 is 9.12. The van der Waals surface area contributed by atoms with Crippen LogP contribution in [0.5, 0.6) is 5.75 Å². The number of aromatic nitrogens is 2. The fourth-order valence-electron chi connectivity index (χ4n) is 1.52. The second kappa shape index (κ2) is 5.63. The van der Waals surface area contributed by atoms with Crippen molar-refractivity contribution in [3.05, 3.63) is 39.6 Å². The van der Waals surface area contributed by atoms with Crippen molar-refractivity contribution in [1.82, 2.24) is 9.78 Å². The molecule has 2 rings (SSSR count). The van der Waals surface area contributed by atoms with E-state index >= 15 is 0 Å². The highest BCUT2D eigenvalue weighted by Gasteiger charge is 2.10. The van der Waals surface area contributed by atoms with Gasteiger partial charge in [-0.2, -0.15) is 5.10 Å². The number of rotatable bonds is 3. The molecule has 0 saturated heterocycles. The molecule has 100 valence electrons. The largest absolute Gasteiger partial charge is 0.506 e. The van der Waals surface area contributed by atoms with Crippen LogP contribution in [-0.4, -0.2) is 20.8 Å². The Morgan fingerprint density at radius 2 is 2.32 bits per heavy atom. The lowest BCUT2D eigenvalue weighted by Crippen LogP contribution is -2.20. The lowest BCUT2D eigenvalue weighted by atomic mass is 10.3. The Hall–Kier alpha value is -1.53. The molecule has 0 aliphatic carbocycles. The van der Waals surface area contributed by atoms with Gasteiger partial charge in [0.1, 0.15) is 12.3 Å². The van der Waals surface area contributed by atoms with Crippen LogP contribution in [-0.2, 0) is 11.3 Å². The minimum absolute atomic E-state index is 0.0314. The molecule has 0 atom stereocenters. The van der Waals surface area contributed by atoms with E-state index in [-0.39, 0.29) is 23.9 Å². The molecule has 7 heteroatoms. The Morgan fingerprint density at radius 1 is 1.58 bits per heavy atom. The van der Waals surface area contributed by atoms with Gasteiger partial charge in [-0.3, -0.25) is 9.48 Å². The summed E-state index contributed by atoms with van der Waals surface area (Å²) in [7, 11) is 0. The monoisotopic (exact) mass is 343 g/mol. The molecule has 0 aliphatic heterocycles. The fraction of sp³-hybridized carbons (Fsp3) is 0.167. The molecule has 0 unspecified atom stereocenters. The van der Waals surface area contributed by atoms with Crippen LogP contribution < -0.4 is 5.32 Å². The Balaban J connectivity index is 2.09. The zero-order valence-corrected chi connectivity index (χ0v) is 12.4. The Morgan fingerprint density at radius 3 is 2.95 bits per heavy atom. The lowest BCUT2D eigenvalue weighted by molar-refractivity contribution is -0.117. The summed E-state index contributed by atoms with van der Waals surface area (Å²) in [5, 5.41) is 16.7. The molecule has 1 aromatic carbocycles. The van der Waals surface area contributed by atoms with Gasteiger partial charge in [-0.25, -0.2) is 0 Å². The molecule has 1 heterocycles. The van der Waals surface area contributed by atoms with E-state index in [9.17, 15) is 9.90 Å². The number of benzene rings is 1. The minimum atomic E-state index is -0.295. The number of amides is 1. The van der Waals surface area contributed by atoms with Crippen LogP contribution in [0.15, 0.2) is 28.9 Å². The Labute approximate surface area is 123 Å². The average Bonchev–Trinajstić information content (AvgIpc) is 2.66. The van der Waals surface area contributed by atoms with Crippen LogP contribution in [0.1, 0.15) is 5.69 Å². The molecule has 19 heavy (non-hydrogen) atoms. The first-order valence-corrected chi connectivity index (χ1v) is 6.60. The van der Waals surface area contributed by atoms with Crippen molar-refractivity contribution in [3.8, 4) is 5.75 Å². The first-order chi connectivity index (χ1) is 8.97. The van der Waals surface area contributed by atoms with E-state index in [2.05, 4.69) is 26.3 Å². The van der Waals surface area contributed by atoms with Crippen LogP contribution >= 0.6 is 27.5 Å². The SMILES string of the molecule is Cc1c(Br)cnn1CC(=O)Nc1cc(Cl)ccc1O. The van der Waals surface area contributed by atoms with E-state index in [1.54, 1.807) is 16.9 Å². The standard InChI is InChI=1S/C12H11BrClN3O2/c1-7-9(13)5-15-17(7)6-12(19)16-10-4-8(14)2-3-11(10)18/h2-5,18H,6H2,1H3,(H,16,19). The fourth-order valence-corrected chi connectivity index (χ4v) is 1.99. The maximum absolute atomic E-state index is 11.9. The average molecular weight is 345 g/mol. The summed E-state index contributed by atoms with van der Waals surface area (Å²) in [4.78, 5) is 11.9. The molecular formula is C12H11BrClN3O2. The van der Waals surface area contributed by atoms with Crippen molar-refractivity contribution in [2.45, 2.75) is 13.5 Å². The van der Waals surface area contributed by atoms with Crippen LogP contribution in [0.2, 0.25) is 5.02 Å². The third-order valence-corrected chi connectivity index (χ3v) is 3.58. The van der Waals surface area contributed by atoms with Crippen molar-refractivity contribution in [2.24, 2.45) is 0 Å². The number of phenolic OH excluding ortho intramolecular Hbond substituents is 1. The van der Waals surface area contributed by atoms with Gasteiger partial charge in [0, 0.05) is 5.02 Å². The number of hydrogen-bond acceptors (Lipinski definition) is 3. The molecule has 0 fully saturated rings. The smallest absolute Gasteiger partial charge is 0.246 e. The Bertz CT molecular complexity index is 627. The highest BCUT2D eigenvalue weighted by atomic mass is 79.9. The van der Waals surface area contributed by atoms with Gasteiger partial charge in [0.15, 0.2) is 0 Å². The number of nitrogens with zero attached hydrogens (tertiary/aromatic N) is 2. The van der Waals surface area contributed by atoms with E-state index in [0.717, 1.165) is 10.2 Å². The number of phenols is 1. The molecule has 0 aliphatic rings. The molecule has 5 nitrogen and oxygen atoms in total. The highest BCUT2D eigenvalue weighted by molar-refractivity contribution is 9.10. The maximum atomic E-state index is 11.9. The molecule has 0 spiro atoms. The van der Waals surface area contributed by atoms with Gasteiger partial charge in [-0.05, 0) is 41.1 Å². The molecule has 1 amide bonds. The molecule has 1 aromatic heterocycles. The second-order valence-electron chi connectivity index (χ2n) is 3.95. The molecule has 2 aromatic rings. The number of anilines is 1. The van der Waals surface area contributed by atoms with Gasteiger partial charge in [0.05, 0.1) is 22.1 Å². The van der Waals surface area contributed by atoms with Crippen LogP contribution in [0.3, 0.4) is 0 Å². The van der Waals surface area contributed by atoms with Gasteiger partial charge in [-0.1, -0.05) is 11.6 Å². The summed E-state index contributed by atoms with van der Waals surface area (Å²) in [6, 6.07) is 4.45. The van der Waals surface area contributed by atoms with Crippen molar-refractivity contribution in [3.63, 3.8) is 0 Å². The third-order valence-electron chi connectivity index (χ3n) is 2.57. The van der Waals surface area contributed by atoms with Crippen molar-refractivity contribution in [1.29, 1.82) is 0 Å². The lowest BCUT2D eigenvalue weighted by Gasteiger charge is -2.08. The maximum Gasteiger partial charge on any atom is 0.246 e. The summed E-state index contributed by atoms with van der Waals surface area (Å²) < 4.78 is 2.40. The van der Waals surface area contributed by atoms with E-state index in [0.29, 0.717) is 5.02 Å². The topological polar surface area (TPSA) is 67.2 Å². The molecule has 2 N–H and O–H groups in total. The number of hydrogen-bond donors (Lipinski definition) is 2. The molecule has 0 bridgehead atoms. The van der Waals surface area contributed by atoms with E-state index < -0.39 is 0 Å². The van der Waals surface area contributed by atoms with Crippen molar-refractivity contribution < 1.29 is 9.90 Å². The predicted octanol–water partition coefficient (Wildman–Crippen LogP) is 2.95. The van der Waals surface area contributed by atoms with E-state index in [4.69, 9.17) is 11.6 Å². The number of carbonyl (C=O) groups is 1. The quantitative estimate of drug-likeness (QED) is 0.841. The summed E-state index contributed by atoms with van der Waals surface area (Å²) in [5.41, 5.74) is 1.13. The normalized spacial score (nSPS) is 10.5. The first-order valence-electron chi connectivity index (χ1n) is 5.43. The van der Waals surface area contributed by atoms with Gasteiger partial charge < -0.3 is 10.4 Å². The molecule has 0 radical (unpaired) electrons. The van der Waals surface area contributed by atoms with Gasteiger partial charge >= 0.3 is 0 Å². The summed E-state index contributed by atoms with van der Waals surface area (Å²) in [6.45, 7) is 1.91. The summed E-state index contributed by atoms with van der Waals surface area (Å²) in [6.07, 6.45) is 1.62. The number of carbonyl (C=O) groups excluding carboxylic acids is 1. The first kappa shape index (κ1) is 13.9. The predicted molar refractivity (Wildman–Crippen MR) is 76.4 cm³/mol. The van der Waals surface area contributed by atoms with E-state index in [1.807, 2.05) is 6.92 Å². The van der Waals surface area contributed by atoms with Gasteiger partial charge in [0.25, 0.3) is 0 Å².